The maximum absolute atomic E-state index is 2.16. The Balaban J connectivity index is 1.69. The van der Waals surface area contributed by atoms with Crippen LogP contribution in [-0.2, 0) is 0 Å². The summed E-state index contributed by atoms with van der Waals surface area (Å²) in [5.74, 6) is 2.87. The topological polar surface area (TPSA) is 0 Å². The third-order valence-corrected chi connectivity index (χ3v) is 9.68. The predicted octanol–water partition coefficient (Wildman–Crippen LogP) is 3.00. The summed E-state index contributed by atoms with van der Waals surface area (Å²) in [6, 6.07) is 0. The first kappa shape index (κ1) is 8.09. The lowest BCUT2D eigenvalue weighted by molar-refractivity contribution is 0.836. The quantitative estimate of drug-likeness (QED) is 0.536. The molecule has 0 aromatic rings. The highest BCUT2D eigenvalue weighted by Crippen LogP contribution is 2.62. The molecule has 0 saturated carbocycles. The van der Waals surface area contributed by atoms with Gasteiger partial charge in [0.05, 0.1) is 0 Å². The largest absolute Gasteiger partial charge is 0.155 e. The first-order chi connectivity index (χ1) is 5.45. The second kappa shape index (κ2) is 3.15. The van der Waals surface area contributed by atoms with Crippen molar-refractivity contribution in [1.29, 1.82) is 0 Å². The fourth-order valence-corrected chi connectivity index (χ4v) is 10.6. The maximum atomic E-state index is 2.16. The number of thioether (sulfide) groups is 2. The van der Waals surface area contributed by atoms with Gasteiger partial charge in [-0.2, -0.15) is 23.5 Å². The monoisotopic (exact) mass is 240 g/mol. The second-order valence-corrected chi connectivity index (χ2v) is 9.87. The van der Waals surface area contributed by atoms with Crippen molar-refractivity contribution in [2.24, 2.45) is 0 Å². The van der Waals surface area contributed by atoms with E-state index in [1.54, 1.807) is 0 Å². The van der Waals surface area contributed by atoms with Crippen molar-refractivity contribution >= 4 is 54.9 Å². The minimum Gasteiger partial charge on any atom is -0.155 e. The smallest absolute Gasteiger partial charge is 0.0425 e. The van der Waals surface area contributed by atoms with Crippen molar-refractivity contribution in [3.05, 3.63) is 0 Å². The van der Waals surface area contributed by atoms with Gasteiger partial charge in [0.25, 0.3) is 0 Å². The zero-order chi connectivity index (χ0) is 7.26. The summed E-state index contributed by atoms with van der Waals surface area (Å²) in [6.45, 7) is 0. The molecule has 3 aliphatic rings. The van der Waals surface area contributed by atoms with Crippen molar-refractivity contribution in [3.63, 3.8) is 0 Å². The number of hydrogen-bond acceptors (Lipinski definition) is 5. The maximum Gasteiger partial charge on any atom is 0.0425 e. The van der Waals surface area contributed by atoms with E-state index in [9.17, 15) is 0 Å². The van der Waals surface area contributed by atoms with Crippen molar-refractivity contribution in [1.82, 2.24) is 0 Å². The number of hydrogen-bond donors (Lipinski definition) is 0. The average molecular weight is 240 g/mol. The average Bonchev–Trinajstić information content (AvgIpc) is 2.91. The molecule has 0 aromatic carbocycles. The van der Waals surface area contributed by atoms with E-state index in [-0.39, 0.29) is 0 Å². The van der Waals surface area contributed by atoms with Crippen LogP contribution >= 0.6 is 54.9 Å². The van der Waals surface area contributed by atoms with Gasteiger partial charge in [-0.1, -0.05) is 21.6 Å². The molecule has 0 aromatic heterocycles. The predicted molar refractivity (Wildman–Crippen MR) is 62.8 cm³/mol. The van der Waals surface area contributed by atoms with Crippen molar-refractivity contribution in [3.8, 4) is 0 Å². The van der Waals surface area contributed by atoms with Gasteiger partial charge in [0, 0.05) is 32.5 Å². The fraction of sp³-hybridized carbons (Fsp3) is 1.00. The van der Waals surface area contributed by atoms with Gasteiger partial charge in [-0.15, -0.1) is 0 Å². The van der Waals surface area contributed by atoms with Gasteiger partial charge in [-0.25, -0.2) is 0 Å². The Hall–Kier alpha value is 1.75. The van der Waals surface area contributed by atoms with Crippen LogP contribution in [0.1, 0.15) is 0 Å². The third kappa shape index (κ3) is 1.68. The minimum atomic E-state index is 0.981. The molecule has 0 nitrogen and oxygen atoms in total. The zero-order valence-electron chi connectivity index (χ0n) is 5.76. The van der Waals surface area contributed by atoms with Gasteiger partial charge in [-0.05, 0) is 9.83 Å². The molecular formula is C6H8S5. The Labute approximate surface area is 87.0 Å². The highest BCUT2D eigenvalue weighted by Gasteiger charge is 2.48. The minimum absolute atomic E-state index is 0.981. The summed E-state index contributed by atoms with van der Waals surface area (Å²) < 4.78 is 0. The van der Waals surface area contributed by atoms with Crippen LogP contribution in [0.25, 0.3) is 0 Å². The zero-order valence-corrected chi connectivity index (χ0v) is 9.85. The van der Waals surface area contributed by atoms with Gasteiger partial charge >= 0.3 is 0 Å². The Bertz CT molecular complexity index is 146. The van der Waals surface area contributed by atoms with Gasteiger partial charge in [0.1, 0.15) is 0 Å². The molecule has 0 amide bonds. The standard InChI is InChI=1S/C6H8S5/c1-3(7-1)5-6(4-2-8-4)10-11-9-5/h3-6H,1-2H2. The molecule has 5 heteroatoms. The lowest BCUT2D eigenvalue weighted by Crippen LogP contribution is -2.24. The van der Waals surface area contributed by atoms with E-state index in [0.717, 1.165) is 21.0 Å². The molecule has 3 fully saturated rings. The Morgan fingerprint density at radius 2 is 1.27 bits per heavy atom. The molecular weight excluding hydrogens is 232 g/mol. The Morgan fingerprint density at radius 3 is 1.64 bits per heavy atom. The third-order valence-electron chi connectivity index (χ3n) is 2.08. The van der Waals surface area contributed by atoms with Crippen LogP contribution in [0, 0.1) is 0 Å². The molecule has 0 aliphatic carbocycles. The Morgan fingerprint density at radius 1 is 0.818 bits per heavy atom. The lowest BCUT2D eigenvalue weighted by atomic mass is 10.2. The van der Waals surface area contributed by atoms with E-state index >= 15 is 0 Å². The summed E-state index contributed by atoms with van der Waals surface area (Å²) in [6.07, 6.45) is 0. The molecule has 11 heavy (non-hydrogen) atoms. The summed E-state index contributed by atoms with van der Waals surface area (Å²) in [5, 5.41) is 4.01. The lowest BCUT2D eigenvalue weighted by Gasteiger charge is -2.12. The van der Waals surface area contributed by atoms with E-state index in [1.807, 2.05) is 9.83 Å². The van der Waals surface area contributed by atoms with Crippen LogP contribution in [0.4, 0.5) is 0 Å². The SMILES string of the molecule is C1SC1C1SSSC1C1CS1. The van der Waals surface area contributed by atoms with E-state index in [1.165, 1.54) is 11.5 Å². The van der Waals surface area contributed by atoms with E-state index in [4.69, 9.17) is 0 Å². The molecule has 62 valence electrons. The van der Waals surface area contributed by atoms with E-state index in [2.05, 4.69) is 45.1 Å². The molecule has 4 unspecified atom stereocenters. The summed E-state index contributed by atoms with van der Waals surface area (Å²) in [5.41, 5.74) is 0. The van der Waals surface area contributed by atoms with Crippen molar-refractivity contribution in [2.75, 3.05) is 11.5 Å². The highest BCUT2D eigenvalue weighted by atomic mass is 33.5. The molecule has 3 saturated heterocycles. The fourth-order valence-electron chi connectivity index (χ4n) is 1.26. The van der Waals surface area contributed by atoms with Crippen LogP contribution in [-0.4, -0.2) is 32.5 Å². The first-order valence-electron chi connectivity index (χ1n) is 3.67. The summed E-state index contributed by atoms with van der Waals surface area (Å²) in [4.78, 5) is 0. The summed E-state index contributed by atoms with van der Waals surface area (Å²) >= 11 is 4.32. The molecule has 4 atom stereocenters. The molecule has 3 rings (SSSR count). The molecule has 3 aliphatic heterocycles. The molecule has 0 spiro atoms. The number of rotatable bonds is 2. The van der Waals surface area contributed by atoms with Crippen LogP contribution in [0.3, 0.4) is 0 Å². The molecule has 0 bridgehead atoms. The summed E-state index contributed by atoms with van der Waals surface area (Å²) in [7, 11) is 6.30. The van der Waals surface area contributed by atoms with Gasteiger partial charge in [0.15, 0.2) is 0 Å². The van der Waals surface area contributed by atoms with Gasteiger partial charge in [-0.3, -0.25) is 0 Å². The van der Waals surface area contributed by atoms with Crippen LogP contribution in [0.5, 0.6) is 0 Å². The Kier molecular flexibility index (Phi) is 2.32. The molecule has 3 heterocycles. The van der Waals surface area contributed by atoms with Crippen molar-refractivity contribution in [2.45, 2.75) is 21.0 Å². The van der Waals surface area contributed by atoms with Crippen LogP contribution in [0.15, 0.2) is 0 Å². The molecule has 0 N–H and O–H groups in total. The van der Waals surface area contributed by atoms with Crippen molar-refractivity contribution < 1.29 is 0 Å². The normalized spacial score (nSPS) is 54.5. The van der Waals surface area contributed by atoms with Crippen LogP contribution < -0.4 is 0 Å². The van der Waals surface area contributed by atoms with Gasteiger partial charge in [0.2, 0.25) is 0 Å². The van der Waals surface area contributed by atoms with Gasteiger partial charge < -0.3 is 0 Å². The van der Waals surface area contributed by atoms with Crippen LogP contribution in [0.2, 0.25) is 0 Å². The second-order valence-electron chi connectivity index (χ2n) is 2.93. The first-order valence-corrected chi connectivity index (χ1v) is 9.38. The molecule has 0 radical (unpaired) electrons. The van der Waals surface area contributed by atoms with E-state index < -0.39 is 0 Å². The highest BCUT2D eigenvalue weighted by molar-refractivity contribution is 9.11. The van der Waals surface area contributed by atoms with E-state index in [0.29, 0.717) is 0 Å².